The summed E-state index contributed by atoms with van der Waals surface area (Å²) in [6.07, 6.45) is 61.8. The molecular weight excluding hydrogens is 813 g/mol. The summed E-state index contributed by atoms with van der Waals surface area (Å²) in [4.78, 5) is 42.6. The fraction of sp³-hybridized carbons (Fsp3) is 0.702. The van der Waals surface area contributed by atoms with Gasteiger partial charge in [-0.2, -0.15) is 0 Å². The summed E-state index contributed by atoms with van der Waals surface area (Å²) in [5.41, 5.74) is 0. The van der Waals surface area contributed by atoms with Gasteiger partial charge in [-0.25, -0.2) is 9.68 Å². The summed E-state index contributed by atoms with van der Waals surface area (Å²) in [5.74, 6) is -1.30. The van der Waals surface area contributed by atoms with Gasteiger partial charge >= 0.3 is 17.9 Å². The Hall–Kier alpha value is -3.49. The molecule has 0 spiro atoms. The van der Waals surface area contributed by atoms with Crippen molar-refractivity contribution in [1.82, 2.24) is 0 Å². The standard InChI is InChI=1S/C57H96O8/c1-4-7-10-13-16-18-20-22-24-26-28-30-32-38-43-48-55(58)62-51-54(64-57(60)50-45-40-33-31-29-27-25-23-21-19-17-14-11-8-5-2)52-63-56(59)49-44-39-35-34-37-42-47-53(65-61)46-41-36-15-12-9-6-3/h16-19,22-25,34-35,37,39,44,49,53-54,61H,4-15,20-21,26-33,36,38,40-43,45-48,50-52H2,1-3H3/b18-16-,19-17-,24-22-,25-23-,37-34?,39-35?,49-44?. The summed E-state index contributed by atoms with van der Waals surface area (Å²) in [6.45, 7) is 6.31. The molecule has 2 unspecified atom stereocenters. The van der Waals surface area contributed by atoms with Crippen LogP contribution >= 0.6 is 0 Å². The number of hydrogen-bond donors (Lipinski definition) is 1. The van der Waals surface area contributed by atoms with Crippen molar-refractivity contribution in [3.63, 3.8) is 0 Å². The lowest BCUT2D eigenvalue weighted by molar-refractivity contribution is -0.281. The number of rotatable bonds is 47. The minimum atomic E-state index is -0.877. The number of hydrogen-bond acceptors (Lipinski definition) is 8. The van der Waals surface area contributed by atoms with E-state index in [0.29, 0.717) is 6.42 Å². The predicted molar refractivity (Wildman–Crippen MR) is 273 cm³/mol. The van der Waals surface area contributed by atoms with Gasteiger partial charge in [0.25, 0.3) is 0 Å². The topological polar surface area (TPSA) is 108 Å². The molecule has 0 fully saturated rings. The molecule has 0 aromatic rings. The van der Waals surface area contributed by atoms with Crippen LogP contribution in [0.15, 0.2) is 85.1 Å². The van der Waals surface area contributed by atoms with E-state index in [0.717, 1.165) is 116 Å². The molecule has 0 rings (SSSR count). The zero-order valence-electron chi connectivity index (χ0n) is 41.8. The Kier molecular flexibility index (Phi) is 48.7. The summed E-state index contributed by atoms with van der Waals surface area (Å²) in [5, 5.41) is 9.24. The Bertz CT molecular complexity index is 1290. The highest BCUT2D eigenvalue weighted by Crippen LogP contribution is 2.15. The maximum absolute atomic E-state index is 12.8. The molecule has 8 heteroatoms. The van der Waals surface area contributed by atoms with Crippen LogP contribution in [0.25, 0.3) is 0 Å². The smallest absolute Gasteiger partial charge is 0.330 e. The van der Waals surface area contributed by atoms with Crippen LogP contribution in [0, 0.1) is 0 Å². The maximum Gasteiger partial charge on any atom is 0.330 e. The van der Waals surface area contributed by atoms with Gasteiger partial charge in [0.2, 0.25) is 0 Å². The molecule has 0 radical (unpaired) electrons. The van der Waals surface area contributed by atoms with Crippen molar-refractivity contribution in [2.24, 2.45) is 0 Å². The molecule has 8 nitrogen and oxygen atoms in total. The van der Waals surface area contributed by atoms with Crippen LogP contribution in [-0.2, 0) is 33.5 Å². The third-order valence-corrected chi connectivity index (χ3v) is 11.2. The van der Waals surface area contributed by atoms with Gasteiger partial charge in [-0.3, -0.25) is 14.8 Å². The molecule has 0 aromatic carbocycles. The maximum atomic E-state index is 12.8. The molecule has 0 saturated carbocycles. The van der Waals surface area contributed by atoms with Crippen molar-refractivity contribution in [3.8, 4) is 0 Å². The molecule has 0 aromatic heterocycles. The molecule has 0 bridgehead atoms. The van der Waals surface area contributed by atoms with Crippen molar-refractivity contribution < 1.29 is 38.7 Å². The number of unbranched alkanes of at least 4 members (excludes halogenated alkanes) is 21. The zero-order valence-corrected chi connectivity index (χ0v) is 41.8. The Morgan fingerprint density at radius 2 is 0.862 bits per heavy atom. The highest BCUT2D eigenvalue weighted by molar-refractivity contribution is 5.82. The van der Waals surface area contributed by atoms with Gasteiger partial charge in [-0.15, -0.1) is 0 Å². The fourth-order valence-electron chi connectivity index (χ4n) is 7.13. The molecule has 0 saturated heterocycles. The van der Waals surface area contributed by atoms with E-state index in [9.17, 15) is 19.6 Å². The Morgan fingerprint density at radius 3 is 1.42 bits per heavy atom. The molecule has 1 N–H and O–H groups in total. The molecular formula is C57H96O8. The SMILES string of the molecule is CCCCC/C=C\C/C=C\CCCCCCCC(=O)OCC(COC(=O)C=CC=CC=CCCC(CCCCCCCC)OO)OC(=O)CCCCCCC/C=C\C/C=C\CCCCC. The van der Waals surface area contributed by atoms with Crippen LogP contribution < -0.4 is 0 Å². The molecule has 0 aliphatic rings. The quantitative estimate of drug-likeness (QED) is 0.00940. The highest BCUT2D eigenvalue weighted by Gasteiger charge is 2.19. The number of carbonyl (C=O) groups is 3. The van der Waals surface area contributed by atoms with E-state index in [1.807, 2.05) is 18.2 Å². The van der Waals surface area contributed by atoms with Crippen LogP contribution in [0.3, 0.4) is 0 Å². The molecule has 65 heavy (non-hydrogen) atoms. The van der Waals surface area contributed by atoms with Gasteiger partial charge in [-0.05, 0) is 96.3 Å². The van der Waals surface area contributed by atoms with Crippen LogP contribution in [0.2, 0.25) is 0 Å². The fourth-order valence-corrected chi connectivity index (χ4v) is 7.13. The van der Waals surface area contributed by atoms with E-state index in [1.54, 1.807) is 12.2 Å². The normalized spacial score (nSPS) is 13.2. The first-order valence-electron chi connectivity index (χ1n) is 26.4. The van der Waals surface area contributed by atoms with E-state index in [4.69, 9.17) is 14.2 Å². The van der Waals surface area contributed by atoms with Gasteiger partial charge in [-0.1, -0.05) is 202 Å². The van der Waals surface area contributed by atoms with E-state index in [-0.39, 0.29) is 37.7 Å². The summed E-state index contributed by atoms with van der Waals surface area (Å²) in [6, 6.07) is 0. The van der Waals surface area contributed by atoms with E-state index in [1.165, 1.54) is 89.5 Å². The third kappa shape index (κ3) is 48.3. The molecule has 0 amide bonds. The summed E-state index contributed by atoms with van der Waals surface area (Å²) < 4.78 is 16.6. The molecule has 0 heterocycles. The average Bonchev–Trinajstić information content (AvgIpc) is 3.31. The van der Waals surface area contributed by atoms with Crippen LogP contribution in [0.1, 0.15) is 233 Å². The third-order valence-electron chi connectivity index (χ3n) is 11.2. The monoisotopic (exact) mass is 909 g/mol. The van der Waals surface area contributed by atoms with Crippen molar-refractivity contribution in [1.29, 1.82) is 0 Å². The van der Waals surface area contributed by atoms with E-state index >= 15 is 0 Å². The second-order valence-electron chi connectivity index (χ2n) is 17.4. The van der Waals surface area contributed by atoms with Crippen LogP contribution in [-0.4, -0.2) is 48.6 Å². The average molecular weight is 909 g/mol. The lowest BCUT2D eigenvalue weighted by Crippen LogP contribution is -2.30. The largest absolute Gasteiger partial charge is 0.462 e. The summed E-state index contributed by atoms with van der Waals surface area (Å²) in [7, 11) is 0. The molecule has 0 aliphatic heterocycles. The van der Waals surface area contributed by atoms with E-state index in [2.05, 4.69) is 74.3 Å². The Labute approximate surface area is 398 Å². The Morgan fingerprint density at radius 1 is 0.415 bits per heavy atom. The molecule has 0 aliphatic carbocycles. The van der Waals surface area contributed by atoms with Crippen molar-refractivity contribution >= 4 is 17.9 Å². The second kappa shape index (κ2) is 51.5. The minimum Gasteiger partial charge on any atom is -0.462 e. The van der Waals surface area contributed by atoms with Gasteiger partial charge < -0.3 is 14.2 Å². The Balaban J connectivity index is 4.67. The van der Waals surface area contributed by atoms with Gasteiger partial charge in [0.05, 0.1) is 6.10 Å². The van der Waals surface area contributed by atoms with Crippen molar-refractivity contribution in [2.45, 2.75) is 245 Å². The zero-order chi connectivity index (χ0) is 47.4. The number of esters is 3. The number of carbonyl (C=O) groups excluding carboxylic acids is 3. The number of ether oxygens (including phenoxy) is 3. The summed E-state index contributed by atoms with van der Waals surface area (Å²) >= 11 is 0. The van der Waals surface area contributed by atoms with Gasteiger partial charge in [0.15, 0.2) is 6.10 Å². The lowest BCUT2D eigenvalue weighted by Gasteiger charge is -2.18. The highest BCUT2D eigenvalue weighted by atomic mass is 17.1. The van der Waals surface area contributed by atoms with Gasteiger partial charge in [0, 0.05) is 18.9 Å². The van der Waals surface area contributed by atoms with Crippen molar-refractivity contribution in [2.75, 3.05) is 13.2 Å². The predicted octanol–water partition coefficient (Wildman–Crippen LogP) is 16.7. The second-order valence-corrected chi connectivity index (χ2v) is 17.4. The molecule has 2 atom stereocenters. The lowest BCUT2D eigenvalue weighted by atomic mass is 10.0. The van der Waals surface area contributed by atoms with E-state index < -0.39 is 12.1 Å². The molecule has 372 valence electrons. The first-order chi connectivity index (χ1) is 32.0. The van der Waals surface area contributed by atoms with Gasteiger partial charge in [0.1, 0.15) is 13.2 Å². The van der Waals surface area contributed by atoms with Crippen molar-refractivity contribution in [3.05, 3.63) is 85.1 Å². The first kappa shape index (κ1) is 61.5. The van der Waals surface area contributed by atoms with Crippen LogP contribution in [0.5, 0.6) is 0 Å². The minimum absolute atomic E-state index is 0.155. The van der Waals surface area contributed by atoms with Crippen LogP contribution in [0.4, 0.5) is 0 Å². The first-order valence-corrected chi connectivity index (χ1v) is 26.4. The number of allylic oxidation sites excluding steroid dienone is 13.